The summed E-state index contributed by atoms with van der Waals surface area (Å²) in [6, 6.07) is 6.56. The van der Waals surface area contributed by atoms with Gasteiger partial charge in [0.15, 0.2) is 0 Å². The molecule has 0 aliphatic carbocycles. The van der Waals surface area contributed by atoms with Crippen molar-refractivity contribution in [2.45, 2.75) is 45.2 Å². The Kier molecular flexibility index (Phi) is 3.78. The summed E-state index contributed by atoms with van der Waals surface area (Å²) < 4.78 is 0. The first-order valence-corrected chi connectivity index (χ1v) is 6.21. The fraction of sp³-hybridized carbons (Fsp3) is 0.615. The minimum Gasteiger partial charge on any atom is -0.384 e. The van der Waals surface area contributed by atoms with Crippen molar-refractivity contribution in [1.29, 1.82) is 0 Å². The van der Waals surface area contributed by atoms with E-state index in [2.05, 4.69) is 22.9 Å². The van der Waals surface area contributed by atoms with E-state index in [1.165, 1.54) is 32.2 Å². The van der Waals surface area contributed by atoms with E-state index in [-0.39, 0.29) is 0 Å². The second-order valence-corrected chi connectivity index (χ2v) is 4.72. The second kappa shape index (κ2) is 5.30. The summed E-state index contributed by atoms with van der Waals surface area (Å²) in [7, 11) is 0. The van der Waals surface area contributed by atoms with Gasteiger partial charge in [0.2, 0.25) is 0 Å². The largest absolute Gasteiger partial charge is 0.384 e. The Balaban J connectivity index is 2.02. The minimum atomic E-state index is 0.625. The molecule has 1 aromatic rings. The van der Waals surface area contributed by atoms with Crippen LogP contribution >= 0.6 is 0 Å². The normalized spacial score (nSPS) is 22.9. The van der Waals surface area contributed by atoms with Gasteiger partial charge in [0, 0.05) is 12.6 Å². The number of anilines is 1. The number of rotatable bonds is 2. The summed E-state index contributed by atoms with van der Waals surface area (Å²) in [6.45, 7) is 4.45. The van der Waals surface area contributed by atoms with Crippen molar-refractivity contribution in [2.75, 3.05) is 12.3 Å². The molecule has 0 saturated carbocycles. The topological polar surface area (TPSA) is 42.1 Å². The second-order valence-electron chi connectivity index (χ2n) is 4.72. The van der Waals surface area contributed by atoms with Crippen molar-refractivity contribution in [3.63, 3.8) is 0 Å². The SMILES string of the molecule is CC1CCCCCN1Cc1cccc(N)n1. The van der Waals surface area contributed by atoms with Gasteiger partial charge in [-0.05, 0) is 38.4 Å². The maximum Gasteiger partial charge on any atom is 0.123 e. The van der Waals surface area contributed by atoms with Gasteiger partial charge in [-0.1, -0.05) is 18.9 Å². The fourth-order valence-electron chi connectivity index (χ4n) is 2.36. The van der Waals surface area contributed by atoms with Gasteiger partial charge in [-0.25, -0.2) is 4.98 Å². The lowest BCUT2D eigenvalue weighted by Crippen LogP contribution is -2.32. The van der Waals surface area contributed by atoms with Crippen LogP contribution in [0.4, 0.5) is 5.82 Å². The average molecular weight is 219 g/mol. The van der Waals surface area contributed by atoms with E-state index in [1.54, 1.807) is 0 Å². The van der Waals surface area contributed by atoms with Crippen LogP contribution in [0.1, 0.15) is 38.3 Å². The zero-order valence-electron chi connectivity index (χ0n) is 10.0. The minimum absolute atomic E-state index is 0.625. The molecule has 1 unspecified atom stereocenters. The van der Waals surface area contributed by atoms with Crippen molar-refractivity contribution in [3.05, 3.63) is 23.9 Å². The van der Waals surface area contributed by atoms with E-state index in [4.69, 9.17) is 5.73 Å². The lowest BCUT2D eigenvalue weighted by molar-refractivity contribution is 0.202. The first kappa shape index (κ1) is 11.4. The number of nitrogens with two attached hydrogens (primary N) is 1. The fourth-order valence-corrected chi connectivity index (χ4v) is 2.36. The molecule has 16 heavy (non-hydrogen) atoms. The van der Waals surface area contributed by atoms with Crippen molar-refractivity contribution >= 4 is 5.82 Å². The van der Waals surface area contributed by atoms with E-state index in [0.29, 0.717) is 11.9 Å². The number of nitrogens with zero attached hydrogens (tertiary/aromatic N) is 2. The molecule has 0 aromatic carbocycles. The molecular formula is C13H21N3. The van der Waals surface area contributed by atoms with Crippen LogP contribution in [-0.4, -0.2) is 22.5 Å². The van der Waals surface area contributed by atoms with E-state index in [0.717, 1.165) is 12.2 Å². The van der Waals surface area contributed by atoms with Crippen LogP contribution in [0.25, 0.3) is 0 Å². The Hall–Kier alpha value is -1.09. The maximum atomic E-state index is 5.70. The summed E-state index contributed by atoms with van der Waals surface area (Å²) in [5.74, 6) is 0.625. The van der Waals surface area contributed by atoms with Crippen LogP contribution in [0.3, 0.4) is 0 Å². The monoisotopic (exact) mass is 219 g/mol. The lowest BCUT2D eigenvalue weighted by Gasteiger charge is -2.26. The van der Waals surface area contributed by atoms with Crippen molar-refractivity contribution in [2.24, 2.45) is 0 Å². The quantitative estimate of drug-likeness (QED) is 0.830. The molecule has 2 N–H and O–H groups in total. The number of pyridine rings is 1. The molecule has 2 rings (SSSR count). The Morgan fingerprint density at radius 1 is 1.38 bits per heavy atom. The summed E-state index contributed by atoms with van der Waals surface area (Å²) in [4.78, 5) is 6.89. The van der Waals surface area contributed by atoms with Gasteiger partial charge in [0.1, 0.15) is 5.82 Å². The Labute approximate surface area is 97.7 Å². The molecule has 0 bridgehead atoms. The summed E-state index contributed by atoms with van der Waals surface area (Å²) >= 11 is 0. The smallest absolute Gasteiger partial charge is 0.123 e. The van der Waals surface area contributed by atoms with E-state index < -0.39 is 0 Å². The first-order chi connectivity index (χ1) is 7.75. The summed E-state index contributed by atoms with van der Waals surface area (Å²) in [6.07, 6.45) is 5.35. The highest BCUT2D eigenvalue weighted by Crippen LogP contribution is 2.18. The lowest BCUT2D eigenvalue weighted by atomic mass is 10.1. The standard InChI is InChI=1S/C13H21N3/c1-11-6-3-2-4-9-16(11)10-12-7-5-8-13(14)15-12/h5,7-8,11H,2-4,6,9-10H2,1H3,(H2,14,15). The van der Waals surface area contributed by atoms with Gasteiger partial charge in [-0.2, -0.15) is 0 Å². The Morgan fingerprint density at radius 3 is 3.06 bits per heavy atom. The molecule has 1 atom stereocenters. The molecule has 2 heterocycles. The molecule has 0 spiro atoms. The van der Waals surface area contributed by atoms with Crippen LogP contribution in [0.2, 0.25) is 0 Å². The Morgan fingerprint density at radius 2 is 2.25 bits per heavy atom. The number of hydrogen-bond donors (Lipinski definition) is 1. The Bertz CT molecular complexity index is 338. The number of hydrogen-bond acceptors (Lipinski definition) is 3. The molecule has 1 aliphatic rings. The highest BCUT2D eigenvalue weighted by Gasteiger charge is 2.17. The van der Waals surface area contributed by atoms with Gasteiger partial charge < -0.3 is 5.73 Å². The van der Waals surface area contributed by atoms with E-state index in [9.17, 15) is 0 Å². The molecule has 0 amide bonds. The predicted octanol–water partition coefficient (Wildman–Crippen LogP) is 2.43. The molecule has 1 fully saturated rings. The van der Waals surface area contributed by atoms with Crippen molar-refractivity contribution in [1.82, 2.24) is 9.88 Å². The molecular weight excluding hydrogens is 198 g/mol. The molecule has 3 nitrogen and oxygen atoms in total. The van der Waals surface area contributed by atoms with Gasteiger partial charge in [-0.15, -0.1) is 0 Å². The van der Waals surface area contributed by atoms with Gasteiger partial charge in [-0.3, -0.25) is 4.90 Å². The van der Waals surface area contributed by atoms with Gasteiger partial charge in [0.25, 0.3) is 0 Å². The molecule has 88 valence electrons. The van der Waals surface area contributed by atoms with Crippen molar-refractivity contribution < 1.29 is 0 Å². The summed E-state index contributed by atoms with van der Waals surface area (Å²) in [5.41, 5.74) is 6.79. The summed E-state index contributed by atoms with van der Waals surface area (Å²) in [5, 5.41) is 0. The van der Waals surface area contributed by atoms with E-state index in [1.807, 2.05) is 12.1 Å². The zero-order valence-corrected chi connectivity index (χ0v) is 10.0. The maximum absolute atomic E-state index is 5.70. The van der Waals surface area contributed by atoms with Crippen LogP contribution in [-0.2, 0) is 6.54 Å². The number of nitrogen functional groups attached to an aromatic ring is 1. The number of aromatic nitrogens is 1. The van der Waals surface area contributed by atoms with Crippen LogP contribution in [0.5, 0.6) is 0 Å². The van der Waals surface area contributed by atoms with Gasteiger partial charge in [0.05, 0.1) is 5.69 Å². The molecule has 1 saturated heterocycles. The highest BCUT2D eigenvalue weighted by atomic mass is 15.2. The van der Waals surface area contributed by atoms with Crippen LogP contribution < -0.4 is 5.73 Å². The first-order valence-electron chi connectivity index (χ1n) is 6.21. The molecule has 1 aromatic heterocycles. The zero-order chi connectivity index (χ0) is 11.4. The predicted molar refractivity (Wildman–Crippen MR) is 67.0 cm³/mol. The molecule has 1 aliphatic heterocycles. The van der Waals surface area contributed by atoms with Crippen LogP contribution in [0.15, 0.2) is 18.2 Å². The third-order valence-electron chi connectivity index (χ3n) is 3.38. The number of likely N-dealkylation sites (tertiary alicyclic amines) is 1. The van der Waals surface area contributed by atoms with Gasteiger partial charge >= 0.3 is 0 Å². The molecule has 0 radical (unpaired) electrons. The molecule has 3 heteroatoms. The van der Waals surface area contributed by atoms with Crippen molar-refractivity contribution in [3.8, 4) is 0 Å². The third kappa shape index (κ3) is 2.95. The third-order valence-corrected chi connectivity index (χ3v) is 3.38. The highest BCUT2D eigenvalue weighted by molar-refractivity contribution is 5.28. The van der Waals surface area contributed by atoms with Crippen LogP contribution in [0, 0.1) is 0 Å². The average Bonchev–Trinajstić information content (AvgIpc) is 2.45. The van der Waals surface area contributed by atoms with E-state index >= 15 is 0 Å².